The molecule has 0 aromatic heterocycles. The highest BCUT2D eigenvalue weighted by molar-refractivity contribution is 9.10. The second kappa shape index (κ2) is 5.50. The van der Waals surface area contributed by atoms with Gasteiger partial charge in [0, 0.05) is 21.8 Å². The van der Waals surface area contributed by atoms with E-state index >= 15 is 0 Å². The molecule has 0 radical (unpaired) electrons. The molecule has 108 valence electrons. The Morgan fingerprint density at radius 2 is 1.86 bits per heavy atom. The number of hydrogen-bond donors (Lipinski definition) is 2. The summed E-state index contributed by atoms with van der Waals surface area (Å²) in [5, 5.41) is 3.49. The van der Waals surface area contributed by atoms with Crippen LogP contribution in [0.25, 0.3) is 0 Å². The number of ether oxygens (including phenoxy) is 1. The summed E-state index contributed by atoms with van der Waals surface area (Å²) < 4.78 is 6.56. The van der Waals surface area contributed by atoms with Gasteiger partial charge in [-0.2, -0.15) is 0 Å². The summed E-state index contributed by atoms with van der Waals surface area (Å²) in [6.07, 6.45) is 0. The number of anilines is 1. The number of fused-ring (bicyclic) bond motifs is 1. The Kier molecular flexibility index (Phi) is 3.84. The highest BCUT2D eigenvalue weighted by Crippen LogP contribution is 2.41. The zero-order valence-electron chi connectivity index (χ0n) is 10.5. The van der Waals surface area contributed by atoms with Gasteiger partial charge < -0.3 is 15.8 Å². The fourth-order valence-corrected chi connectivity index (χ4v) is 2.96. The predicted octanol–water partition coefficient (Wildman–Crippen LogP) is 4.50. The van der Waals surface area contributed by atoms with Crippen molar-refractivity contribution in [3.05, 3.63) is 50.4 Å². The third-order valence-corrected chi connectivity index (χ3v) is 4.18. The first kappa shape index (κ1) is 14.7. The molecule has 1 aliphatic rings. The predicted molar refractivity (Wildman–Crippen MR) is 86.2 cm³/mol. The van der Waals surface area contributed by atoms with Gasteiger partial charge in [0.2, 0.25) is 5.91 Å². The molecule has 4 nitrogen and oxygen atoms in total. The minimum Gasteiger partial charge on any atom is -0.454 e. The average molecular weight is 388 g/mol. The molecule has 3 N–H and O–H groups in total. The van der Waals surface area contributed by atoms with Crippen LogP contribution in [0, 0.1) is 0 Å². The molecule has 2 aromatic rings. The van der Waals surface area contributed by atoms with Crippen LogP contribution >= 0.6 is 39.1 Å². The Morgan fingerprint density at radius 1 is 1.14 bits per heavy atom. The molecule has 0 bridgehead atoms. The van der Waals surface area contributed by atoms with Crippen LogP contribution in [0.3, 0.4) is 0 Å². The fraction of sp³-hybridized carbons (Fsp3) is 0.0714. The van der Waals surface area contributed by atoms with Gasteiger partial charge in [0.25, 0.3) is 0 Å². The van der Waals surface area contributed by atoms with Crippen molar-refractivity contribution in [3.8, 4) is 11.5 Å². The van der Waals surface area contributed by atoms with Crippen molar-refractivity contribution in [2.24, 2.45) is 5.73 Å². The summed E-state index contributed by atoms with van der Waals surface area (Å²) in [6, 6.07) is 7.81. The van der Waals surface area contributed by atoms with E-state index in [-0.39, 0.29) is 5.91 Å². The number of benzene rings is 2. The van der Waals surface area contributed by atoms with Gasteiger partial charge in [0.05, 0.1) is 10.0 Å². The van der Waals surface area contributed by atoms with Crippen LogP contribution in [0.2, 0.25) is 10.0 Å². The van der Waals surface area contributed by atoms with Crippen LogP contribution in [0.5, 0.6) is 11.5 Å². The summed E-state index contributed by atoms with van der Waals surface area (Å²) in [4.78, 5) is 11.6. The van der Waals surface area contributed by atoms with Gasteiger partial charge in [0.15, 0.2) is 0 Å². The standard InChI is InChI=1S/C14H9BrCl2N2O2/c15-6-1-2-11(8(16)3-6)21-12-5-10-7(4-9(12)17)13(18)14(20)19-10/h1-5,13H,18H2,(H,19,20). The van der Waals surface area contributed by atoms with Gasteiger partial charge in [0.1, 0.15) is 17.5 Å². The first-order valence-electron chi connectivity index (χ1n) is 5.98. The van der Waals surface area contributed by atoms with Crippen molar-refractivity contribution in [1.82, 2.24) is 0 Å². The monoisotopic (exact) mass is 386 g/mol. The molecule has 2 aromatic carbocycles. The molecule has 1 heterocycles. The smallest absolute Gasteiger partial charge is 0.245 e. The minimum atomic E-state index is -0.706. The van der Waals surface area contributed by atoms with E-state index in [1.54, 1.807) is 30.3 Å². The van der Waals surface area contributed by atoms with Gasteiger partial charge >= 0.3 is 0 Å². The first-order chi connectivity index (χ1) is 9.95. The van der Waals surface area contributed by atoms with E-state index in [0.717, 1.165) is 4.47 Å². The summed E-state index contributed by atoms with van der Waals surface area (Å²) in [5.74, 6) is 0.601. The Balaban J connectivity index is 1.97. The molecule has 1 amide bonds. The highest BCUT2D eigenvalue weighted by Gasteiger charge is 2.28. The summed E-state index contributed by atoms with van der Waals surface area (Å²) in [5.41, 5.74) is 7.01. The molecule has 0 fully saturated rings. The molecule has 0 saturated heterocycles. The molecular formula is C14H9BrCl2N2O2. The molecule has 0 aliphatic carbocycles. The van der Waals surface area contributed by atoms with Crippen molar-refractivity contribution in [2.45, 2.75) is 6.04 Å². The van der Waals surface area contributed by atoms with Crippen molar-refractivity contribution in [1.29, 1.82) is 0 Å². The molecule has 1 atom stereocenters. The third-order valence-electron chi connectivity index (χ3n) is 3.09. The Hall–Kier alpha value is -1.27. The average Bonchev–Trinajstić information content (AvgIpc) is 2.69. The van der Waals surface area contributed by atoms with E-state index in [2.05, 4.69) is 21.2 Å². The lowest BCUT2D eigenvalue weighted by Gasteiger charge is -2.11. The lowest BCUT2D eigenvalue weighted by Crippen LogP contribution is -2.19. The van der Waals surface area contributed by atoms with Gasteiger partial charge in [-0.1, -0.05) is 39.1 Å². The van der Waals surface area contributed by atoms with Crippen molar-refractivity contribution in [3.63, 3.8) is 0 Å². The van der Waals surface area contributed by atoms with E-state index in [1.165, 1.54) is 0 Å². The van der Waals surface area contributed by atoms with Gasteiger partial charge in [-0.25, -0.2) is 0 Å². The van der Waals surface area contributed by atoms with Crippen LogP contribution in [0.1, 0.15) is 11.6 Å². The van der Waals surface area contributed by atoms with Gasteiger partial charge in [-0.05, 0) is 24.3 Å². The number of rotatable bonds is 2. The van der Waals surface area contributed by atoms with Crippen LogP contribution in [-0.4, -0.2) is 5.91 Å². The van der Waals surface area contributed by atoms with Crippen LogP contribution < -0.4 is 15.8 Å². The number of amides is 1. The largest absolute Gasteiger partial charge is 0.454 e. The number of halogens is 3. The normalized spacial score (nSPS) is 16.6. The fourth-order valence-electron chi connectivity index (χ4n) is 2.04. The van der Waals surface area contributed by atoms with Gasteiger partial charge in [-0.3, -0.25) is 4.79 Å². The Labute approximate surface area is 139 Å². The quantitative estimate of drug-likeness (QED) is 0.797. The Morgan fingerprint density at radius 3 is 2.57 bits per heavy atom. The van der Waals surface area contributed by atoms with Crippen molar-refractivity contribution >= 4 is 50.7 Å². The van der Waals surface area contributed by atoms with E-state index in [9.17, 15) is 4.79 Å². The number of nitrogens with one attached hydrogen (secondary N) is 1. The van der Waals surface area contributed by atoms with E-state index < -0.39 is 6.04 Å². The lowest BCUT2D eigenvalue weighted by atomic mass is 10.1. The number of hydrogen-bond acceptors (Lipinski definition) is 3. The van der Waals surface area contributed by atoms with Crippen molar-refractivity contribution < 1.29 is 9.53 Å². The summed E-state index contributed by atoms with van der Waals surface area (Å²) in [6.45, 7) is 0. The third kappa shape index (κ3) is 2.74. The minimum absolute atomic E-state index is 0.264. The van der Waals surface area contributed by atoms with Crippen LogP contribution in [0.4, 0.5) is 5.69 Å². The molecule has 1 aliphatic heterocycles. The second-order valence-corrected chi connectivity index (χ2v) is 6.24. The maximum absolute atomic E-state index is 11.6. The molecule has 7 heteroatoms. The molecule has 0 spiro atoms. The number of nitrogens with two attached hydrogens (primary N) is 1. The lowest BCUT2D eigenvalue weighted by molar-refractivity contribution is -0.116. The first-order valence-corrected chi connectivity index (χ1v) is 7.53. The number of carbonyl (C=O) groups is 1. The zero-order valence-corrected chi connectivity index (χ0v) is 13.6. The van der Waals surface area contributed by atoms with Crippen molar-refractivity contribution in [2.75, 3.05) is 5.32 Å². The molecule has 21 heavy (non-hydrogen) atoms. The van der Waals surface area contributed by atoms with Crippen LogP contribution in [-0.2, 0) is 4.79 Å². The number of carbonyl (C=O) groups excluding carboxylic acids is 1. The maximum Gasteiger partial charge on any atom is 0.245 e. The Bertz CT molecular complexity index is 752. The maximum atomic E-state index is 11.6. The van der Waals surface area contributed by atoms with Gasteiger partial charge in [-0.15, -0.1) is 0 Å². The second-order valence-electron chi connectivity index (χ2n) is 4.51. The molecule has 1 unspecified atom stereocenters. The highest BCUT2D eigenvalue weighted by atomic mass is 79.9. The van der Waals surface area contributed by atoms with E-state index in [4.69, 9.17) is 33.7 Å². The molecule has 3 rings (SSSR count). The summed E-state index contributed by atoms with van der Waals surface area (Å²) in [7, 11) is 0. The van der Waals surface area contributed by atoms with E-state index in [0.29, 0.717) is 32.8 Å². The van der Waals surface area contributed by atoms with Crippen LogP contribution in [0.15, 0.2) is 34.8 Å². The zero-order chi connectivity index (χ0) is 15.1. The molecule has 0 saturated carbocycles. The van der Waals surface area contributed by atoms with E-state index in [1.807, 2.05) is 0 Å². The molecular weight excluding hydrogens is 379 g/mol. The summed E-state index contributed by atoms with van der Waals surface area (Å²) >= 11 is 15.6. The SMILES string of the molecule is NC1C(=O)Nc2cc(Oc3ccc(Br)cc3Cl)c(Cl)cc21. The topological polar surface area (TPSA) is 64.4 Å².